The van der Waals surface area contributed by atoms with E-state index >= 15 is 0 Å². The molecule has 15 heavy (non-hydrogen) atoms. The minimum atomic E-state index is 0.519. The van der Waals surface area contributed by atoms with Crippen LogP contribution in [-0.4, -0.2) is 9.78 Å². The van der Waals surface area contributed by atoms with Crippen molar-refractivity contribution in [1.29, 1.82) is 0 Å². The highest BCUT2D eigenvalue weighted by Crippen LogP contribution is 2.29. The highest BCUT2D eigenvalue weighted by Gasteiger charge is 2.22. The van der Waals surface area contributed by atoms with Crippen LogP contribution in [0.15, 0.2) is 36.5 Å². The number of rotatable bonds is 1. The number of nitrogens with zero attached hydrogens (tertiary/aromatic N) is 2. The van der Waals surface area contributed by atoms with Crippen molar-refractivity contribution in [3.8, 4) is 0 Å². The van der Waals surface area contributed by atoms with E-state index in [4.69, 9.17) is 0 Å². The molecule has 0 bridgehead atoms. The first-order valence-corrected chi connectivity index (χ1v) is 6.18. The number of halogens is 1. The lowest BCUT2D eigenvalue weighted by molar-refractivity contribution is 0.473. The van der Waals surface area contributed by atoms with Gasteiger partial charge in [-0.15, -0.1) is 0 Å². The molecule has 0 N–H and O–H groups in total. The van der Waals surface area contributed by atoms with Gasteiger partial charge in [0.25, 0.3) is 0 Å². The minimum absolute atomic E-state index is 0.519. The molecule has 0 unspecified atom stereocenters. The lowest BCUT2D eigenvalue weighted by Crippen LogP contribution is -2.09. The lowest BCUT2D eigenvalue weighted by atomic mass is 10.1. The number of hydrogen-bond donors (Lipinski definition) is 0. The molecule has 0 amide bonds. The van der Waals surface area contributed by atoms with Crippen molar-refractivity contribution >= 4 is 22.6 Å². The van der Waals surface area contributed by atoms with Crippen LogP contribution in [0.5, 0.6) is 0 Å². The third-order valence-electron chi connectivity index (χ3n) is 2.98. The van der Waals surface area contributed by atoms with Crippen molar-refractivity contribution in [3.05, 3.63) is 51.4 Å². The molecule has 1 aromatic carbocycles. The van der Waals surface area contributed by atoms with Crippen LogP contribution >= 0.6 is 22.6 Å². The SMILES string of the molecule is Ic1ccn(C2Cc3ccccc3C2)n1. The molecule has 76 valence electrons. The Labute approximate surface area is 102 Å². The topological polar surface area (TPSA) is 17.8 Å². The average molecular weight is 310 g/mol. The molecular formula is C12H11IN2. The first-order chi connectivity index (χ1) is 7.33. The van der Waals surface area contributed by atoms with Crippen LogP contribution in [0.3, 0.4) is 0 Å². The molecule has 0 fully saturated rings. The first kappa shape index (κ1) is 9.39. The van der Waals surface area contributed by atoms with Gasteiger partial charge in [-0.1, -0.05) is 24.3 Å². The fraction of sp³-hybridized carbons (Fsp3) is 0.250. The predicted octanol–water partition coefficient (Wildman–Crippen LogP) is 2.83. The fourth-order valence-corrected chi connectivity index (χ4v) is 2.65. The van der Waals surface area contributed by atoms with E-state index in [-0.39, 0.29) is 0 Å². The number of benzene rings is 1. The van der Waals surface area contributed by atoms with Crippen molar-refractivity contribution < 1.29 is 0 Å². The van der Waals surface area contributed by atoms with E-state index in [1.807, 2.05) is 0 Å². The van der Waals surface area contributed by atoms with Crippen LogP contribution in [-0.2, 0) is 12.8 Å². The first-order valence-electron chi connectivity index (χ1n) is 5.10. The zero-order chi connectivity index (χ0) is 10.3. The summed E-state index contributed by atoms with van der Waals surface area (Å²) in [5, 5.41) is 4.48. The molecule has 2 nitrogen and oxygen atoms in total. The molecule has 1 aliphatic carbocycles. The van der Waals surface area contributed by atoms with E-state index in [0.717, 1.165) is 16.5 Å². The second-order valence-corrected chi connectivity index (χ2v) is 5.05. The predicted molar refractivity (Wildman–Crippen MR) is 67.8 cm³/mol. The summed E-state index contributed by atoms with van der Waals surface area (Å²) in [4.78, 5) is 0. The standard InChI is InChI=1S/C12H11IN2/c13-12-5-6-15(14-12)11-7-9-3-1-2-4-10(9)8-11/h1-6,11H,7-8H2. The maximum atomic E-state index is 4.48. The number of fused-ring (bicyclic) bond motifs is 1. The molecular weight excluding hydrogens is 299 g/mol. The summed E-state index contributed by atoms with van der Waals surface area (Å²) in [7, 11) is 0. The van der Waals surface area contributed by atoms with Crippen LogP contribution in [0.25, 0.3) is 0 Å². The molecule has 0 aliphatic heterocycles. The van der Waals surface area contributed by atoms with Crippen LogP contribution in [0, 0.1) is 3.70 Å². The van der Waals surface area contributed by atoms with Crippen LogP contribution < -0.4 is 0 Å². The van der Waals surface area contributed by atoms with E-state index < -0.39 is 0 Å². The zero-order valence-electron chi connectivity index (χ0n) is 8.23. The van der Waals surface area contributed by atoms with E-state index in [2.05, 4.69) is 68.9 Å². The van der Waals surface area contributed by atoms with Crippen molar-refractivity contribution in [2.45, 2.75) is 18.9 Å². The zero-order valence-corrected chi connectivity index (χ0v) is 10.4. The second kappa shape index (κ2) is 3.63. The van der Waals surface area contributed by atoms with Gasteiger partial charge in [-0.05, 0) is 52.6 Å². The summed E-state index contributed by atoms with van der Waals surface area (Å²) < 4.78 is 3.17. The van der Waals surface area contributed by atoms with E-state index in [9.17, 15) is 0 Å². The summed E-state index contributed by atoms with van der Waals surface area (Å²) in [5.74, 6) is 0. The van der Waals surface area contributed by atoms with Gasteiger partial charge in [0, 0.05) is 6.20 Å². The van der Waals surface area contributed by atoms with Crippen LogP contribution in [0.4, 0.5) is 0 Å². The fourth-order valence-electron chi connectivity index (χ4n) is 2.24. The summed E-state index contributed by atoms with van der Waals surface area (Å²) >= 11 is 2.26. The molecule has 2 aromatic rings. The van der Waals surface area contributed by atoms with Gasteiger partial charge in [0.05, 0.1) is 6.04 Å². The Morgan fingerprint density at radius 1 is 1.13 bits per heavy atom. The number of hydrogen-bond acceptors (Lipinski definition) is 1. The van der Waals surface area contributed by atoms with Gasteiger partial charge >= 0.3 is 0 Å². The summed E-state index contributed by atoms with van der Waals surface area (Å²) in [5.41, 5.74) is 2.96. The van der Waals surface area contributed by atoms with Gasteiger partial charge in [-0.2, -0.15) is 5.10 Å². The molecule has 0 saturated heterocycles. The van der Waals surface area contributed by atoms with Crippen molar-refractivity contribution in [2.75, 3.05) is 0 Å². The Morgan fingerprint density at radius 2 is 1.80 bits per heavy atom. The average Bonchev–Trinajstić information content (AvgIpc) is 2.82. The van der Waals surface area contributed by atoms with Gasteiger partial charge in [-0.25, -0.2) is 0 Å². The molecule has 1 aromatic heterocycles. The maximum Gasteiger partial charge on any atom is 0.123 e. The molecule has 0 radical (unpaired) electrons. The molecule has 1 aliphatic rings. The highest BCUT2D eigenvalue weighted by molar-refractivity contribution is 14.1. The number of aromatic nitrogens is 2. The third kappa shape index (κ3) is 1.69. The summed E-state index contributed by atoms with van der Waals surface area (Å²) in [6.45, 7) is 0. The van der Waals surface area contributed by atoms with E-state index in [1.165, 1.54) is 11.1 Å². The van der Waals surface area contributed by atoms with Crippen molar-refractivity contribution in [3.63, 3.8) is 0 Å². The highest BCUT2D eigenvalue weighted by atomic mass is 127. The van der Waals surface area contributed by atoms with Gasteiger partial charge in [0.2, 0.25) is 0 Å². The third-order valence-corrected chi connectivity index (χ3v) is 3.55. The Hall–Kier alpha value is -0.840. The van der Waals surface area contributed by atoms with E-state index in [1.54, 1.807) is 0 Å². The van der Waals surface area contributed by atoms with Gasteiger partial charge < -0.3 is 0 Å². The lowest BCUT2D eigenvalue weighted by Gasteiger charge is -2.08. The quantitative estimate of drug-likeness (QED) is 0.741. The van der Waals surface area contributed by atoms with Gasteiger partial charge in [0.15, 0.2) is 0 Å². The van der Waals surface area contributed by atoms with Gasteiger partial charge in [-0.3, -0.25) is 4.68 Å². The summed E-state index contributed by atoms with van der Waals surface area (Å²) in [6, 6.07) is 11.3. The summed E-state index contributed by atoms with van der Waals surface area (Å²) in [6.07, 6.45) is 4.32. The van der Waals surface area contributed by atoms with Crippen LogP contribution in [0.1, 0.15) is 17.2 Å². The van der Waals surface area contributed by atoms with E-state index in [0.29, 0.717) is 6.04 Å². The molecule has 0 saturated carbocycles. The van der Waals surface area contributed by atoms with Crippen molar-refractivity contribution in [1.82, 2.24) is 9.78 Å². The van der Waals surface area contributed by atoms with Crippen LogP contribution in [0.2, 0.25) is 0 Å². The smallest absolute Gasteiger partial charge is 0.123 e. The minimum Gasteiger partial charge on any atom is -0.268 e. The molecule has 3 heteroatoms. The Balaban J connectivity index is 1.90. The monoisotopic (exact) mass is 310 g/mol. The molecule has 0 spiro atoms. The maximum absolute atomic E-state index is 4.48. The largest absolute Gasteiger partial charge is 0.268 e. The Kier molecular flexibility index (Phi) is 2.27. The van der Waals surface area contributed by atoms with Gasteiger partial charge in [0.1, 0.15) is 3.70 Å². The molecule has 3 rings (SSSR count). The molecule has 0 atom stereocenters. The molecule has 1 heterocycles. The Morgan fingerprint density at radius 3 is 2.33 bits per heavy atom. The van der Waals surface area contributed by atoms with Crippen molar-refractivity contribution in [2.24, 2.45) is 0 Å². The second-order valence-electron chi connectivity index (χ2n) is 3.95. The normalized spacial score (nSPS) is 15.5. The Bertz CT molecular complexity index is 465.